The standard InChI is InChI=1S/C18H23NO3/c1-13(18(20)21)10-16-11-15-4-2-3-5-17(15)19(16)12-14-6-8-22-9-7-14/h2-5,11,13-14H,6-10,12H2,1H3,(H,20,21). The maximum Gasteiger partial charge on any atom is 0.306 e. The quantitative estimate of drug-likeness (QED) is 0.921. The minimum absolute atomic E-state index is 0.363. The average molecular weight is 301 g/mol. The highest BCUT2D eigenvalue weighted by molar-refractivity contribution is 5.81. The van der Waals surface area contributed by atoms with Crippen molar-refractivity contribution in [3.8, 4) is 0 Å². The van der Waals surface area contributed by atoms with Crippen LogP contribution in [0.3, 0.4) is 0 Å². The van der Waals surface area contributed by atoms with E-state index in [1.807, 2.05) is 12.1 Å². The predicted molar refractivity (Wildman–Crippen MR) is 86.0 cm³/mol. The summed E-state index contributed by atoms with van der Waals surface area (Å²) in [4.78, 5) is 11.2. The number of hydrogen-bond acceptors (Lipinski definition) is 2. The molecule has 0 amide bonds. The van der Waals surface area contributed by atoms with Crippen LogP contribution in [-0.4, -0.2) is 28.9 Å². The number of carboxylic acid groups (broad SMARTS) is 1. The molecule has 3 rings (SSSR count). The fourth-order valence-electron chi connectivity index (χ4n) is 3.24. The molecule has 0 spiro atoms. The number of aliphatic carboxylic acids is 1. The van der Waals surface area contributed by atoms with Gasteiger partial charge >= 0.3 is 5.97 Å². The van der Waals surface area contributed by atoms with E-state index in [1.165, 1.54) is 10.9 Å². The van der Waals surface area contributed by atoms with Gasteiger partial charge in [0, 0.05) is 37.4 Å². The molecule has 0 radical (unpaired) electrons. The zero-order valence-corrected chi connectivity index (χ0v) is 13.0. The number of fused-ring (bicyclic) bond motifs is 1. The molecule has 4 heteroatoms. The lowest BCUT2D eigenvalue weighted by Gasteiger charge is -2.24. The van der Waals surface area contributed by atoms with Crippen LogP contribution < -0.4 is 0 Å². The molecule has 22 heavy (non-hydrogen) atoms. The molecule has 1 fully saturated rings. The van der Waals surface area contributed by atoms with E-state index in [-0.39, 0.29) is 5.92 Å². The fourth-order valence-corrected chi connectivity index (χ4v) is 3.24. The molecule has 1 aliphatic rings. The van der Waals surface area contributed by atoms with Crippen LogP contribution in [-0.2, 0) is 22.5 Å². The minimum Gasteiger partial charge on any atom is -0.481 e. The van der Waals surface area contributed by atoms with Crippen LogP contribution in [0.1, 0.15) is 25.5 Å². The maximum atomic E-state index is 11.2. The van der Waals surface area contributed by atoms with Crippen LogP contribution in [0.15, 0.2) is 30.3 Å². The summed E-state index contributed by atoms with van der Waals surface area (Å²) >= 11 is 0. The lowest BCUT2D eigenvalue weighted by molar-refractivity contribution is -0.141. The van der Waals surface area contributed by atoms with Gasteiger partial charge in [-0.25, -0.2) is 0 Å². The molecular formula is C18H23NO3. The molecule has 0 bridgehead atoms. The van der Waals surface area contributed by atoms with E-state index < -0.39 is 5.97 Å². The van der Waals surface area contributed by atoms with Gasteiger partial charge < -0.3 is 14.4 Å². The van der Waals surface area contributed by atoms with E-state index in [9.17, 15) is 9.90 Å². The zero-order valence-electron chi connectivity index (χ0n) is 13.0. The van der Waals surface area contributed by atoms with Crippen molar-refractivity contribution in [2.45, 2.75) is 32.7 Å². The molecule has 2 aromatic rings. The van der Waals surface area contributed by atoms with Gasteiger partial charge in [-0.05, 0) is 36.3 Å². The first kappa shape index (κ1) is 15.1. The number of benzene rings is 1. The largest absolute Gasteiger partial charge is 0.481 e. The second kappa shape index (κ2) is 6.53. The van der Waals surface area contributed by atoms with Crippen LogP contribution in [0.4, 0.5) is 0 Å². The molecule has 1 aromatic carbocycles. The SMILES string of the molecule is CC(Cc1cc2ccccc2n1CC1CCOCC1)C(=O)O. The maximum absolute atomic E-state index is 11.2. The Balaban J connectivity index is 1.91. The second-order valence-electron chi connectivity index (χ2n) is 6.30. The summed E-state index contributed by atoms with van der Waals surface area (Å²) < 4.78 is 7.77. The van der Waals surface area contributed by atoms with Gasteiger partial charge in [-0.3, -0.25) is 4.79 Å². The van der Waals surface area contributed by atoms with Crippen molar-refractivity contribution in [2.24, 2.45) is 11.8 Å². The summed E-state index contributed by atoms with van der Waals surface area (Å²) in [6.45, 7) is 4.41. The van der Waals surface area contributed by atoms with Gasteiger partial charge in [0.25, 0.3) is 0 Å². The van der Waals surface area contributed by atoms with Crippen LogP contribution in [0.2, 0.25) is 0 Å². The Morgan fingerprint density at radius 3 is 2.82 bits per heavy atom. The van der Waals surface area contributed by atoms with Crippen molar-refractivity contribution in [1.82, 2.24) is 4.57 Å². The van der Waals surface area contributed by atoms with Crippen molar-refractivity contribution < 1.29 is 14.6 Å². The van der Waals surface area contributed by atoms with Gasteiger partial charge in [0.05, 0.1) is 5.92 Å². The Bertz CT molecular complexity index is 655. The highest BCUT2D eigenvalue weighted by atomic mass is 16.5. The van der Waals surface area contributed by atoms with Crippen LogP contribution in [0.5, 0.6) is 0 Å². The molecule has 1 unspecified atom stereocenters. The molecule has 1 aliphatic heterocycles. The van der Waals surface area contributed by atoms with Gasteiger partial charge in [0.15, 0.2) is 0 Å². The van der Waals surface area contributed by atoms with E-state index in [2.05, 4.69) is 22.8 Å². The van der Waals surface area contributed by atoms with Crippen molar-refractivity contribution >= 4 is 16.9 Å². The molecular weight excluding hydrogens is 278 g/mol. The summed E-state index contributed by atoms with van der Waals surface area (Å²) in [5.74, 6) is -0.482. The van der Waals surface area contributed by atoms with Gasteiger partial charge in [-0.15, -0.1) is 0 Å². The Morgan fingerprint density at radius 2 is 2.09 bits per heavy atom. The van der Waals surface area contributed by atoms with E-state index >= 15 is 0 Å². The number of aromatic nitrogens is 1. The third kappa shape index (κ3) is 3.17. The monoisotopic (exact) mass is 301 g/mol. The van der Waals surface area contributed by atoms with Gasteiger partial charge in [0.2, 0.25) is 0 Å². The number of hydrogen-bond donors (Lipinski definition) is 1. The Labute approximate surface area is 130 Å². The number of carboxylic acids is 1. The first-order valence-electron chi connectivity index (χ1n) is 8.03. The van der Waals surface area contributed by atoms with Crippen molar-refractivity contribution in [3.63, 3.8) is 0 Å². The molecule has 1 N–H and O–H groups in total. The third-order valence-corrected chi connectivity index (χ3v) is 4.61. The smallest absolute Gasteiger partial charge is 0.306 e. The van der Waals surface area contributed by atoms with Gasteiger partial charge in [-0.2, -0.15) is 0 Å². The number of carbonyl (C=O) groups is 1. The van der Waals surface area contributed by atoms with Gasteiger partial charge in [0.1, 0.15) is 0 Å². The van der Waals surface area contributed by atoms with E-state index in [4.69, 9.17) is 4.74 Å². The van der Waals surface area contributed by atoms with E-state index in [1.54, 1.807) is 6.92 Å². The van der Waals surface area contributed by atoms with Crippen molar-refractivity contribution in [3.05, 3.63) is 36.0 Å². The van der Waals surface area contributed by atoms with Gasteiger partial charge in [-0.1, -0.05) is 25.1 Å². The van der Waals surface area contributed by atoms with E-state index in [0.29, 0.717) is 12.3 Å². The number of rotatable bonds is 5. The number of nitrogens with zero attached hydrogens (tertiary/aromatic N) is 1. The molecule has 118 valence electrons. The van der Waals surface area contributed by atoms with Crippen molar-refractivity contribution in [2.75, 3.05) is 13.2 Å². The summed E-state index contributed by atoms with van der Waals surface area (Å²) in [5, 5.41) is 10.4. The first-order chi connectivity index (χ1) is 10.6. The highest BCUT2D eigenvalue weighted by Gasteiger charge is 2.20. The molecule has 0 aliphatic carbocycles. The number of para-hydroxylation sites is 1. The topological polar surface area (TPSA) is 51.5 Å². The zero-order chi connectivity index (χ0) is 15.5. The average Bonchev–Trinajstić information content (AvgIpc) is 2.86. The van der Waals surface area contributed by atoms with Crippen LogP contribution in [0, 0.1) is 11.8 Å². The second-order valence-corrected chi connectivity index (χ2v) is 6.30. The van der Waals surface area contributed by atoms with Crippen LogP contribution >= 0.6 is 0 Å². The summed E-state index contributed by atoms with van der Waals surface area (Å²) in [6, 6.07) is 10.5. The fraction of sp³-hybridized carbons (Fsp3) is 0.500. The minimum atomic E-state index is -0.733. The third-order valence-electron chi connectivity index (χ3n) is 4.61. The van der Waals surface area contributed by atoms with Crippen molar-refractivity contribution in [1.29, 1.82) is 0 Å². The molecule has 4 nitrogen and oxygen atoms in total. The van der Waals surface area contributed by atoms with E-state index in [0.717, 1.165) is 38.3 Å². The Hall–Kier alpha value is -1.81. The molecule has 2 heterocycles. The summed E-state index contributed by atoms with van der Waals surface area (Å²) in [5.41, 5.74) is 2.34. The molecule has 1 saturated heterocycles. The van der Waals surface area contributed by atoms with Crippen LogP contribution in [0.25, 0.3) is 10.9 Å². The normalized spacial score (nSPS) is 17.7. The summed E-state index contributed by atoms with van der Waals surface area (Å²) in [6.07, 6.45) is 2.74. The molecule has 1 aromatic heterocycles. The Kier molecular flexibility index (Phi) is 4.48. The summed E-state index contributed by atoms with van der Waals surface area (Å²) in [7, 11) is 0. The highest BCUT2D eigenvalue weighted by Crippen LogP contribution is 2.26. The lowest BCUT2D eigenvalue weighted by atomic mass is 9.99. The first-order valence-corrected chi connectivity index (χ1v) is 8.03. The molecule has 1 atom stereocenters. The Morgan fingerprint density at radius 1 is 1.36 bits per heavy atom. The number of ether oxygens (including phenoxy) is 1. The molecule has 0 saturated carbocycles. The predicted octanol–water partition coefficient (Wildman–Crippen LogP) is 3.33. The lowest BCUT2D eigenvalue weighted by Crippen LogP contribution is -2.22.